The largest absolute Gasteiger partial charge is 0.350 e. The first kappa shape index (κ1) is 13.8. The van der Waals surface area contributed by atoms with E-state index < -0.39 is 0 Å². The van der Waals surface area contributed by atoms with E-state index in [9.17, 15) is 4.79 Å². The molecule has 0 fully saturated rings. The molecule has 1 atom stereocenters. The quantitative estimate of drug-likeness (QED) is 0.803. The summed E-state index contributed by atoms with van der Waals surface area (Å²) < 4.78 is 1.11. The number of nitrogens with zero attached hydrogens (tertiary/aromatic N) is 2. The molecule has 0 aliphatic carbocycles. The number of carbonyl (C=O) groups is 1. The lowest BCUT2D eigenvalue weighted by atomic mass is 10.1. The van der Waals surface area contributed by atoms with Crippen molar-refractivity contribution < 1.29 is 4.79 Å². The molecule has 4 nitrogen and oxygen atoms in total. The van der Waals surface area contributed by atoms with Gasteiger partial charge in [0, 0.05) is 31.4 Å². The molecule has 1 amide bonds. The molecule has 108 valence electrons. The first-order valence-electron chi connectivity index (χ1n) is 6.88. The van der Waals surface area contributed by atoms with Crippen molar-refractivity contribution >= 4 is 27.5 Å². The number of aromatic nitrogens is 2. The van der Waals surface area contributed by atoms with Crippen LogP contribution in [0.2, 0.25) is 0 Å². The molecule has 0 aliphatic rings. The van der Waals surface area contributed by atoms with E-state index in [1.165, 1.54) is 0 Å². The van der Waals surface area contributed by atoms with Gasteiger partial charge in [0.05, 0.1) is 10.2 Å². The van der Waals surface area contributed by atoms with E-state index >= 15 is 0 Å². The predicted molar refractivity (Wildman–Crippen MR) is 85.7 cm³/mol. The molecule has 0 aromatic carbocycles. The number of fused-ring (bicyclic) bond motifs is 1. The van der Waals surface area contributed by atoms with Crippen molar-refractivity contribution in [1.82, 2.24) is 14.9 Å². The van der Waals surface area contributed by atoms with E-state index in [1.807, 2.05) is 49.7 Å². The van der Waals surface area contributed by atoms with E-state index in [0.29, 0.717) is 5.69 Å². The van der Waals surface area contributed by atoms with Crippen LogP contribution in [-0.4, -0.2) is 33.9 Å². The summed E-state index contributed by atoms with van der Waals surface area (Å²) in [5, 5.41) is 2.02. The number of nitrogens with one attached hydrogen (secondary N) is 1. The van der Waals surface area contributed by atoms with Gasteiger partial charge in [0.1, 0.15) is 5.69 Å². The number of likely N-dealkylation sites (N-methyl/N-ethyl adjacent to an activating group) is 1. The summed E-state index contributed by atoms with van der Waals surface area (Å²) in [7, 11) is 1.84. The summed E-state index contributed by atoms with van der Waals surface area (Å²) in [6.07, 6.45) is 2.53. The standard InChI is InChI=1S/C16H17N3OS/c1-11(9-12-5-3-4-7-17-12)19(2)16(20)14-10-15-13(18-14)6-8-21-15/h3-8,10-11,18H,9H2,1-2H3/t11-/m1/s1. The van der Waals surface area contributed by atoms with Gasteiger partial charge in [-0.1, -0.05) is 6.07 Å². The SMILES string of the molecule is C[C@H](Cc1ccccn1)N(C)C(=O)c1cc2sccc2[nH]1. The Morgan fingerprint density at radius 3 is 3.00 bits per heavy atom. The van der Waals surface area contributed by atoms with Crippen LogP contribution in [-0.2, 0) is 6.42 Å². The Morgan fingerprint density at radius 1 is 1.43 bits per heavy atom. The number of H-pyrrole nitrogens is 1. The molecule has 1 N–H and O–H groups in total. The fraction of sp³-hybridized carbons (Fsp3) is 0.250. The average Bonchev–Trinajstić information content (AvgIpc) is 3.08. The highest BCUT2D eigenvalue weighted by molar-refractivity contribution is 7.17. The Kier molecular flexibility index (Phi) is 3.75. The highest BCUT2D eigenvalue weighted by atomic mass is 32.1. The monoisotopic (exact) mass is 299 g/mol. The van der Waals surface area contributed by atoms with Gasteiger partial charge in [-0.25, -0.2) is 0 Å². The minimum Gasteiger partial charge on any atom is -0.350 e. The van der Waals surface area contributed by atoms with Gasteiger partial charge in [-0.2, -0.15) is 0 Å². The van der Waals surface area contributed by atoms with Crippen LogP contribution < -0.4 is 0 Å². The number of carbonyl (C=O) groups excluding carboxylic acids is 1. The van der Waals surface area contributed by atoms with Gasteiger partial charge in [0.15, 0.2) is 0 Å². The van der Waals surface area contributed by atoms with Crippen molar-refractivity contribution in [2.75, 3.05) is 7.05 Å². The smallest absolute Gasteiger partial charge is 0.270 e. The lowest BCUT2D eigenvalue weighted by molar-refractivity contribution is 0.0738. The van der Waals surface area contributed by atoms with Gasteiger partial charge < -0.3 is 9.88 Å². The molecule has 0 unspecified atom stereocenters. The van der Waals surface area contributed by atoms with Gasteiger partial charge in [-0.05, 0) is 36.6 Å². The van der Waals surface area contributed by atoms with Crippen LogP contribution in [0.4, 0.5) is 0 Å². The lowest BCUT2D eigenvalue weighted by Gasteiger charge is -2.24. The van der Waals surface area contributed by atoms with Crippen LogP contribution in [0.1, 0.15) is 23.1 Å². The number of rotatable bonds is 4. The fourth-order valence-electron chi connectivity index (χ4n) is 2.31. The molecular weight excluding hydrogens is 282 g/mol. The number of hydrogen-bond donors (Lipinski definition) is 1. The minimum atomic E-state index is 0.0156. The van der Waals surface area contributed by atoms with E-state index in [0.717, 1.165) is 22.3 Å². The Labute approximate surface area is 127 Å². The zero-order valence-electron chi connectivity index (χ0n) is 12.0. The molecule has 3 aromatic rings. The summed E-state index contributed by atoms with van der Waals surface area (Å²) in [5.41, 5.74) is 2.67. The molecule has 0 radical (unpaired) electrons. The highest BCUT2D eigenvalue weighted by Crippen LogP contribution is 2.22. The van der Waals surface area contributed by atoms with Crippen molar-refractivity contribution in [2.24, 2.45) is 0 Å². The van der Waals surface area contributed by atoms with E-state index in [1.54, 1.807) is 22.4 Å². The molecule has 0 aliphatic heterocycles. The summed E-state index contributed by atoms with van der Waals surface area (Å²) in [5.74, 6) is 0.0156. The predicted octanol–water partition coefficient (Wildman–Crippen LogP) is 3.33. The third-order valence-electron chi connectivity index (χ3n) is 3.68. The van der Waals surface area contributed by atoms with Crippen molar-refractivity contribution in [1.29, 1.82) is 0 Å². The lowest BCUT2D eigenvalue weighted by Crippen LogP contribution is -2.36. The maximum Gasteiger partial charge on any atom is 0.270 e. The van der Waals surface area contributed by atoms with E-state index in [2.05, 4.69) is 9.97 Å². The fourth-order valence-corrected chi connectivity index (χ4v) is 3.09. The molecule has 0 saturated heterocycles. The Morgan fingerprint density at radius 2 is 2.29 bits per heavy atom. The van der Waals surface area contributed by atoms with Crippen LogP contribution >= 0.6 is 11.3 Å². The van der Waals surface area contributed by atoms with Crippen LogP contribution in [0, 0.1) is 0 Å². The number of thiophene rings is 1. The molecule has 3 heterocycles. The van der Waals surface area contributed by atoms with Crippen LogP contribution in [0.3, 0.4) is 0 Å². The van der Waals surface area contributed by atoms with Crippen molar-refractivity contribution in [3.05, 3.63) is 53.3 Å². The van der Waals surface area contributed by atoms with Crippen LogP contribution in [0.15, 0.2) is 41.9 Å². The van der Waals surface area contributed by atoms with Gasteiger partial charge >= 0.3 is 0 Å². The normalized spacial score (nSPS) is 12.5. The first-order valence-corrected chi connectivity index (χ1v) is 7.76. The van der Waals surface area contributed by atoms with Gasteiger partial charge in [-0.15, -0.1) is 11.3 Å². The van der Waals surface area contributed by atoms with Gasteiger partial charge in [-0.3, -0.25) is 9.78 Å². The molecule has 0 spiro atoms. The van der Waals surface area contributed by atoms with Gasteiger partial charge in [0.25, 0.3) is 5.91 Å². The average molecular weight is 299 g/mol. The molecule has 0 saturated carbocycles. The zero-order chi connectivity index (χ0) is 14.8. The van der Waals surface area contributed by atoms with Gasteiger partial charge in [0.2, 0.25) is 0 Å². The minimum absolute atomic E-state index is 0.0156. The zero-order valence-corrected chi connectivity index (χ0v) is 12.9. The second kappa shape index (κ2) is 5.69. The van der Waals surface area contributed by atoms with E-state index in [4.69, 9.17) is 0 Å². The Bertz CT molecular complexity index is 719. The summed E-state index contributed by atoms with van der Waals surface area (Å²) in [4.78, 5) is 21.8. The van der Waals surface area contributed by atoms with Crippen molar-refractivity contribution in [3.8, 4) is 0 Å². The van der Waals surface area contributed by atoms with E-state index in [-0.39, 0.29) is 11.9 Å². The second-order valence-corrected chi connectivity index (χ2v) is 6.12. The number of hydrogen-bond acceptors (Lipinski definition) is 3. The highest BCUT2D eigenvalue weighted by Gasteiger charge is 2.20. The topological polar surface area (TPSA) is 49.0 Å². The molecule has 0 bridgehead atoms. The van der Waals surface area contributed by atoms with Crippen LogP contribution in [0.5, 0.6) is 0 Å². The Balaban J connectivity index is 1.73. The first-order chi connectivity index (χ1) is 10.1. The third kappa shape index (κ3) is 2.83. The summed E-state index contributed by atoms with van der Waals surface area (Å²) in [6, 6.07) is 9.86. The Hall–Kier alpha value is -2.14. The van der Waals surface area contributed by atoms with Crippen LogP contribution in [0.25, 0.3) is 10.2 Å². The molecule has 3 rings (SSSR count). The van der Waals surface area contributed by atoms with Crippen molar-refractivity contribution in [3.63, 3.8) is 0 Å². The maximum atomic E-state index is 12.5. The molecular formula is C16H17N3OS. The molecule has 3 aromatic heterocycles. The number of amides is 1. The third-order valence-corrected chi connectivity index (χ3v) is 4.55. The maximum absolute atomic E-state index is 12.5. The number of pyridine rings is 1. The second-order valence-electron chi connectivity index (χ2n) is 5.17. The number of aromatic amines is 1. The summed E-state index contributed by atoms with van der Waals surface area (Å²) >= 11 is 1.64. The van der Waals surface area contributed by atoms with Crippen molar-refractivity contribution in [2.45, 2.75) is 19.4 Å². The summed E-state index contributed by atoms with van der Waals surface area (Å²) in [6.45, 7) is 2.04. The molecule has 21 heavy (non-hydrogen) atoms. The molecule has 5 heteroatoms.